The van der Waals surface area contributed by atoms with Crippen LogP contribution in [0.5, 0.6) is 5.75 Å². The fourth-order valence-corrected chi connectivity index (χ4v) is 1.82. The van der Waals surface area contributed by atoms with Gasteiger partial charge in [-0.2, -0.15) is 0 Å². The van der Waals surface area contributed by atoms with Crippen LogP contribution in [0.25, 0.3) is 0 Å². The number of hydrogen-bond acceptors (Lipinski definition) is 3. The van der Waals surface area contributed by atoms with E-state index in [1.807, 2.05) is 13.8 Å². The molecule has 7 heteroatoms. The normalized spacial score (nSPS) is 12.1. The first-order valence-electron chi connectivity index (χ1n) is 7.16. The number of amides is 2. The molecule has 0 aliphatic heterocycles. The molecule has 0 saturated heterocycles. The number of carbonyl (C=O) groups excluding carboxylic acids is 1. The van der Waals surface area contributed by atoms with Gasteiger partial charge in [0, 0.05) is 12.6 Å². The van der Waals surface area contributed by atoms with E-state index in [2.05, 4.69) is 10.6 Å². The molecule has 5 nitrogen and oxygen atoms in total. The van der Waals surface area contributed by atoms with Crippen LogP contribution < -0.4 is 15.4 Å². The summed E-state index contributed by atoms with van der Waals surface area (Å²) in [6.45, 7) is 4.33. The second kappa shape index (κ2) is 9.19. The lowest BCUT2D eigenvalue weighted by atomic mass is 10.1. The largest absolute Gasteiger partial charge is 0.489 e. The summed E-state index contributed by atoms with van der Waals surface area (Å²) in [5, 5.41) is 14.6. The third-order valence-electron chi connectivity index (χ3n) is 2.78. The zero-order chi connectivity index (χ0) is 16.5. The number of benzene rings is 1. The summed E-state index contributed by atoms with van der Waals surface area (Å²) in [6.07, 6.45) is 0.0167. The number of rotatable bonds is 8. The third kappa shape index (κ3) is 7.21. The van der Waals surface area contributed by atoms with Crippen LogP contribution >= 0.6 is 0 Å². The molecule has 0 radical (unpaired) electrons. The van der Waals surface area contributed by atoms with E-state index in [0.29, 0.717) is 12.3 Å². The number of halogens is 2. The monoisotopic (exact) mass is 316 g/mol. The number of carbonyl (C=O) groups is 1. The Morgan fingerprint density at radius 2 is 2.05 bits per heavy atom. The molecule has 0 aliphatic carbocycles. The Morgan fingerprint density at radius 3 is 2.68 bits per heavy atom. The molecule has 0 bridgehead atoms. The molecule has 2 amide bonds. The smallest absolute Gasteiger partial charge is 0.315 e. The fraction of sp³-hybridized carbons (Fsp3) is 0.533. The van der Waals surface area contributed by atoms with Gasteiger partial charge in [-0.3, -0.25) is 0 Å². The Morgan fingerprint density at radius 1 is 1.32 bits per heavy atom. The predicted octanol–water partition coefficient (Wildman–Crippen LogP) is 2.05. The van der Waals surface area contributed by atoms with Gasteiger partial charge in [-0.1, -0.05) is 13.8 Å². The first kappa shape index (κ1) is 18.2. The Balaban J connectivity index is 2.17. The van der Waals surface area contributed by atoms with Gasteiger partial charge in [-0.05, 0) is 24.5 Å². The molecule has 0 heterocycles. The van der Waals surface area contributed by atoms with Gasteiger partial charge in [0.1, 0.15) is 12.4 Å². The van der Waals surface area contributed by atoms with Gasteiger partial charge in [-0.15, -0.1) is 0 Å². The molecule has 1 atom stereocenters. The van der Waals surface area contributed by atoms with Crippen LogP contribution in [0.3, 0.4) is 0 Å². The molecule has 0 fully saturated rings. The molecule has 0 aliphatic rings. The minimum Gasteiger partial charge on any atom is -0.489 e. The van der Waals surface area contributed by atoms with Crippen molar-refractivity contribution < 1.29 is 23.4 Å². The van der Waals surface area contributed by atoms with Crippen LogP contribution in [0.1, 0.15) is 20.3 Å². The molecule has 1 unspecified atom stereocenters. The van der Waals surface area contributed by atoms with E-state index in [0.717, 1.165) is 12.1 Å². The van der Waals surface area contributed by atoms with Crippen LogP contribution in [0.15, 0.2) is 18.2 Å². The number of ether oxygens (including phenoxy) is 1. The van der Waals surface area contributed by atoms with E-state index < -0.39 is 23.8 Å². The van der Waals surface area contributed by atoms with Crippen molar-refractivity contribution in [1.82, 2.24) is 10.6 Å². The number of hydrogen-bond donors (Lipinski definition) is 3. The second-order valence-electron chi connectivity index (χ2n) is 5.34. The molecule has 0 saturated carbocycles. The van der Waals surface area contributed by atoms with E-state index in [4.69, 9.17) is 4.74 Å². The summed E-state index contributed by atoms with van der Waals surface area (Å²) in [5.74, 6) is -1.20. The van der Waals surface area contributed by atoms with Gasteiger partial charge in [0.05, 0.1) is 12.6 Å². The van der Waals surface area contributed by atoms with Crippen LogP contribution in [-0.2, 0) is 0 Å². The maximum Gasteiger partial charge on any atom is 0.315 e. The Hall–Kier alpha value is -1.89. The molecular formula is C15H22F2N2O3. The quantitative estimate of drug-likeness (QED) is 0.643. The molecule has 22 heavy (non-hydrogen) atoms. The molecule has 124 valence electrons. The Labute approximate surface area is 128 Å². The van der Waals surface area contributed by atoms with Gasteiger partial charge < -0.3 is 20.5 Å². The summed E-state index contributed by atoms with van der Waals surface area (Å²) in [7, 11) is 0. The summed E-state index contributed by atoms with van der Waals surface area (Å²) >= 11 is 0. The van der Waals surface area contributed by atoms with Gasteiger partial charge in [0.2, 0.25) is 0 Å². The van der Waals surface area contributed by atoms with Crippen molar-refractivity contribution in [2.45, 2.75) is 26.4 Å². The lowest BCUT2D eigenvalue weighted by Gasteiger charge is -2.14. The molecule has 1 aromatic rings. The highest BCUT2D eigenvalue weighted by molar-refractivity contribution is 5.73. The maximum atomic E-state index is 13.3. The van der Waals surface area contributed by atoms with Gasteiger partial charge in [0.25, 0.3) is 0 Å². The first-order valence-corrected chi connectivity index (χ1v) is 7.16. The zero-order valence-electron chi connectivity index (χ0n) is 12.7. The first-order chi connectivity index (χ1) is 10.4. The Bertz CT molecular complexity index is 484. The number of aliphatic hydroxyl groups is 1. The highest BCUT2D eigenvalue weighted by atomic mass is 19.1. The molecule has 3 N–H and O–H groups in total. The maximum absolute atomic E-state index is 13.3. The zero-order valence-corrected chi connectivity index (χ0v) is 12.7. The van der Waals surface area contributed by atoms with E-state index in [-0.39, 0.29) is 25.4 Å². The van der Waals surface area contributed by atoms with Crippen molar-refractivity contribution in [3.05, 3.63) is 29.8 Å². The molecule has 0 aromatic heterocycles. The standard InChI is InChI=1S/C15H22F2N2O3/c1-10(2)7-12(20)9-19-15(21)18-5-6-22-14-4-3-11(16)8-13(14)17/h3-4,8,10,12,20H,5-7,9H2,1-2H3,(H2,18,19,21). The van der Waals surface area contributed by atoms with Crippen molar-refractivity contribution >= 4 is 6.03 Å². The average Bonchev–Trinajstić information content (AvgIpc) is 2.42. The van der Waals surface area contributed by atoms with E-state index in [1.165, 1.54) is 6.07 Å². The summed E-state index contributed by atoms with van der Waals surface area (Å²) in [4.78, 5) is 11.4. The highest BCUT2D eigenvalue weighted by Crippen LogP contribution is 2.17. The highest BCUT2D eigenvalue weighted by Gasteiger charge is 2.09. The van der Waals surface area contributed by atoms with E-state index >= 15 is 0 Å². The SMILES string of the molecule is CC(C)CC(O)CNC(=O)NCCOc1ccc(F)cc1F. The molecule has 1 aromatic carbocycles. The molecule has 1 rings (SSSR count). The van der Waals surface area contributed by atoms with Gasteiger partial charge in [0.15, 0.2) is 11.6 Å². The lowest BCUT2D eigenvalue weighted by molar-refractivity contribution is 0.146. The fourth-order valence-electron chi connectivity index (χ4n) is 1.82. The van der Waals surface area contributed by atoms with Crippen LogP contribution in [0, 0.1) is 17.6 Å². The van der Waals surface area contributed by atoms with Gasteiger partial charge >= 0.3 is 6.03 Å². The molecular weight excluding hydrogens is 294 g/mol. The number of aliphatic hydroxyl groups excluding tert-OH is 1. The van der Waals surface area contributed by atoms with E-state index in [9.17, 15) is 18.7 Å². The third-order valence-corrected chi connectivity index (χ3v) is 2.78. The van der Waals surface area contributed by atoms with Gasteiger partial charge in [-0.25, -0.2) is 13.6 Å². The minimum absolute atomic E-state index is 0.0462. The summed E-state index contributed by atoms with van der Waals surface area (Å²) < 4.78 is 31.0. The summed E-state index contributed by atoms with van der Waals surface area (Å²) in [5.41, 5.74) is 0. The summed E-state index contributed by atoms with van der Waals surface area (Å²) in [6, 6.07) is 2.57. The van der Waals surface area contributed by atoms with Crippen LogP contribution in [-0.4, -0.2) is 36.9 Å². The van der Waals surface area contributed by atoms with Crippen molar-refractivity contribution in [3.63, 3.8) is 0 Å². The lowest BCUT2D eigenvalue weighted by Crippen LogP contribution is -2.41. The number of urea groups is 1. The van der Waals surface area contributed by atoms with Crippen LogP contribution in [0.4, 0.5) is 13.6 Å². The topological polar surface area (TPSA) is 70.6 Å². The second-order valence-corrected chi connectivity index (χ2v) is 5.34. The van der Waals surface area contributed by atoms with E-state index in [1.54, 1.807) is 0 Å². The predicted molar refractivity (Wildman–Crippen MR) is 78.7 cm³/mol. The Kier molecular flexibility index (Phi) is 7.59. The van der Waals surface area contributed by atoms with Crippen molar-refractivity contribution in [1.29, 1.82) is 0 Å². The van der Waals surface area contributed by atoms with Crippen molar-refractivity contribution in [2.24, 2.45) is 5.92 Å². The average molecular weight is 316 g/mol. The molecule has 0 spiro atoms. The van der Waals surface area contributed by atoms with Crippen LogP contribution in [0.2, 0.25) is 0 Å². The minimum atomic E-state index is -0.791. The number of nitrogens with one attached hydrogen (secondary N) is 2. The van der Waals surface area contributed by atoms with Crippen molar-refractivity contribution in [2.75, 3.05) is 19.7 Å². The van der Waals surface area contributed by atoms with Crippen molar-refractivity contribution in [3.8, 4) is 5.75 Å².